The van der Waals surface area contributed by atoms with Crippen molar-refractivity contribution in [2.75, 3.05) is 0 Å². The molecule has 1 aliphatic carbocycles. The number of hydrogen-bond donors (Lipinski definition) is 0. The molecule has 1 aliphatic rings. The molecular formula is C30H31B. The number of fused-ring (bicyclic) bond motifs is 1. The van der Waals surface area contributed by atoms with Crippen LogP contribution >= 0.6 is 0 Å². The summed E-state index contributed by atoms with van der Waals surface area (Å²) in [6.07, 6.45) is 17.8. The highest BCUT2D eigenvalue weighted by atomic mass is 14.1. The molecule has 0 saturated heterocycles. The summed E-state index contributed by atoms with van der Waals surface area (Å²) >= 11 is 0. The van der Waals surface area contributed by atoms with E-state index in [1.165, 1.54) is 38.0 Å². The van der Waals surface area contributed by atoms with E-state index >= 15 is 0 Å². The first-order valence-corrected chi connectivity index (χ1v) is 10.9. The molecule has 0 atom stereocenters. The Morgan fingerprint density at radius 2 is 1.74 bits per heavy atom. The van der Waals surface area contributed by atoms with Crippen LogP contribution in [0.15, 0.2) is 97.6 Å². The van der Waals surface area contributed by atoms with Crippen molar-refractivity contribution in [1.29, 1.82) is 0 Å². The lowest BCUT2D eigenvalue weighted by Crippen LogP contribution is -2.43. The molecule has 0 N–H and O–H groups in total. The van der Waals surface area contributed by atoms with Gasteiger partial charge >= 0.3 is 0 Å². The van der Waals surface area contributed by atoms with E-state index < -0.39 is 0 Å². The second-order valence-electron chi connectivity index (χ2n) is 7.86. The highest BCUT2D eigenvalue weighted by Gasteiger charge is 2.30. The van der Waals surface area contributed by atoms with Crippen molar-refractivity contribution in [2.45, 2.75) is 27.2 Å². The minimum atomic E-state index is 0.0329. The lowest BCUT2D eigenvalue weighted by Gasteiger charge is -2.25. The Kier molecular flexibility index (Phi) is 7.31. The molecule has 1 heteroatoms. The van der Waals surface area contributed by atoms with Gasteiger partial charge in [0.2, 0.25) is 6.71 Å². The van der Waals surface area contributed by atoms with Crippen LogP contribution in [-0.2, 0) is 0 Å². The highest BCUT2D eigenvalue weighted by molar-refractivity contribution is 6.96. The molecule has 0 aliphatic heterocycles. The second-order valence-corrected chi connectivity index (χ2v) is 7.86. The van der Waals surface area contributed by atoms with E-state index in [-0.39, 0.29) is 6.71 Å². The van der Waals surface area contributed by atoms with Crippen molar-refractivity contribution in [1.82, 2.24) is 0 Å². The van der Waals surface area contributed by atoms with Gasteiger partial charge in [0.15, 0.2) is 0 Å². The second kappa shape index (κ2) is 10.1. The van der Waals surface area contributed by atoms with Crippen LogP contribution in [0.5, 0.6) is 0 Å². The lowest BCUT2D eigenvalue weighted by atomic mass is 9.33. The van der Waals surface area contributed by atoms with Crippen LogP contribution in [0.25, 0.3) is 23.7 Å². The predicted octanol–water partition coefficient (Wildman–Crippen LogP) is 5.73. The molecule has 0 nitrogen and oxygen atoms in total. The average molecular weight is 402 g/mol. The van der Waals surface area contributed by atoms with Crippen molar-refractivity contribution in [2.24, 2.45) is 0 Å². The predicted molar refractivity (Wildman–Crippen MR) is 142 cm³/mol. The zero-order chi connectivity index (χ0) is 22.4. The molecule has 0 unspecified atom stereocenters. The van der Waals surface area contributed by atoms with E-state index in [2.05, 4.69) is 100 Å². The number of aryl methyl sites for hydroxylation is 1. The van der Waals surface area contributed by atoms with E-state index in [0.717, 1.165) is 17.5 Å². The van der Waals surface area contributed by atoms with E-state index in [4.69, 9.17) is 0 Å². The Balaban J connectivity index is 2.55. The Morgan fingerprint density at radius 1 is 0.968 bits per heavy atom. The molecule has 0 radical (unpaired) electrons. The zero-order valence-electron chi connectivity index (χ0n) is 19.0. The summed E-state index contributed by atoms with van der Waals surface area (Å²) < 4.78 is 0. The van der Waals surface area contributed by atoms with Crippen molar-refractivity contribution < 1.29 is 0 Å². The van der Waals surface area contributed by atoms with Gasteiger partial charge in [0, 0.05) is 0 Å². The Labute approximate surface area is 187 Å². The van der Waals surface area contributed by atoms with Crippen LogP contribution in [0.4, 0.5) is 0 Å². The molecule has 154 valence electrons. The van der Waals surface area contributed by atoms with Crippen molar-refractivity contribution in [3.05, 3.63) is 125 Å². The summed E-state index contributed by atoms with van der Waals surface area (Å²) in [6, 6.07) is 13.0. The molecule has 31 heavy (non-hydrogen) atoms. The molecule has 3 rings (SSSR count). The number of hydrogen-bond acceptors (Lipinski definition) is 0. The smallest absolute Gasteiger partial charge is 0.0996 e. The van der Waals surface area contributed by atoms with E-state index in [1.807, 2.05) is 25.2 Å². The molecule has 0 saturated carbocycles. The van der Waals surface area contributed by atoms with Crippen LogP contribution in [-0.4, -0.2) is 6.71 Å². The van der Waals surface area contributed by atoms with Gasteiger partial charge in [-0.05, 0) is 48.8 Å². The van der Waals surface area contributed by atoms with Gasteiger partial charge in [-0.15, -0.1) is 0 Å². The quantitative estimate of drug-likeness (QED) is 0.410. The first-order valence-electron chi connectivity index (χ1n) is 10.9. The van der Waals surface area contributed by atoms with Gasteiger partial charge in [-0.1, -0.05) is 132 Å². The van der Waals surface area contributed by atoms with Crippen LogP contribution < -0.4 is 15.9 Å². The van der Waals surface area contributed by atoms with Crippen LogP contribution in [0, 0.1) is 6.92 Å². The molecular weight excluding hydrogens is 371 g/mol. The zero-order valence-corrected chi connectivity index (χ0v) is 19.0. The first kappa shape index (κ1) is 22.4. The van der Waals surface area contributed by atoms with Crippen molar-refractivity contribution >= 4 is 35.9 Å². The average Bonchev–Trinajstić information content (AvgIpc) is 2.95. The Morgan fingerprint density at radius 3 is 2.42 bits per heavy atom. The molecule has 0 heterocycles. The minimum Gasteiger partial charge on any atom is -0.0996 e. The fourth-order valence-electron chi connectivity index (χ4n) is 4.51. The lowest BCUT2D eigenvalue weighted by molar-refractivity contribution is 1.42. The van der Waals surface area contributed by atoms with E-state index in [1.54, 1.807) is 0 Å². The highest BCUT2D eigenvalue weighted by Crippen LogP contribution is 2.25. The standard InChI is InChI=1S/C30H31B/c1-7-11-18-26(9-3)31(29-23(6)20-21-24(8-2)27(29)10-4)30-22(5)15-14-17-25-16-12-13-19-28(25)30/h7-13,15-21H,2-4,14H2,1,5-6H3/b11-7-,26-18+. The summed E-state index contributed by atoms with van der Waals surface area (Å²) in [7, 11) is 0. The maximum Gasteiger partial charge on any atom is 0.243 e. The molecule has 0 aromatic heterocycles. The summed E-state index contributed by atoms with van der Waals surface area (Å²) in [6.45, 7) is 18.9. The van der Waals surface area contributed by atoms with Gasteiger partial charge in [0.05, 0.1) is 0 Å². The normalized spacial score (nSPS) is 13.7. The Hall–Kier alpha value is -3.32. The van der Waals surface area contributed by atoms with Crippen molar-refractivity contribution in [3.8, 4) is 0 Å². The maximum absolute atomic E-state index is 4.20. The molecule has 0 amide bonds. The third-order valence-electron chi connectivity index (χ3n) is 6.03. The molecule has 2 aromatic rings. The molecule has 2 aromatic carbocycles. The Bertz CT molecular complexity index is 1230. The van der Waals surface area contributed by atoms with Gasteiger partial charge in [0.1, 0.15) is 0 Å². The first-order chi connectivity index (χ1) is 15.1. The minimum absolute atomic E-state index is 0.0329. The van der Waals surface area contributed by atoms with Crippen LogP contribution in [0.3, 0.4) is 0 Å². The third-order valence-corrected chi connectivity index (χ3v) is 6.03. The van der Waals surface area contributed by atoms with Gasteiger partial charge in [-0.2, -0.15) is 0 Å². The van der Waals surface area contributed by atoms with Gasteiger partial charge < -0.3 is 0 Å². The summed E-state index contributed by atoms with van der Waals surface area (Å²) in [4.78, 5) is 0. The van der Waals surface area contributed by atoms with E-state index in [9.17, 15) is 0 Å². The fraction of sp³-hybridized carbons (Fsp3) is 0.133. The fourth-order valence-corrected chi connectivity index (χ4v) is 4.51. The number of allylic oxidation sites excluding steroid dienone is 7. The van der Waals surface area contributed by atoms with Gasteiger partial charge in [-0.25, -0.2) is 0 Å². The van der Waals surface area contributed by atoms with E-state index in [0.29, 0.717) is 0 Å². The number of benzene rings is 2. The van der Waals surface area contributed by atoms with Crippen LogP contribution in [0.2, 0.25) is 0 Å². The van der Waals surface area contributed by atoms with Gasteiger partial charge in [-0.3, -0.25) is 0 Å². The molecule has 0 bridgehead atoms. The monoisotopic (exact) mass is 402 g/mol. The summed E-state index contributed by atoms with van der Waals surface area (Å²) in [5, 5.41) is 2.56. The maximum atomic E-state index is 4.20. The summed E-state index contributed by atoms with van der Waals surface area (Å²) in [5.41, 5.74) is 8.55. The molecule has 0 spiro atoms. The third kappa shape index (κ3) is 4.42. The summed E-state index contributed by atoms with van der Waals surface area (Å²) in [5.74, 6) is 0. The molecule has 0 fully saturated rings. The topological polar surface area (TPSA) is 0 Å². The largest absolute Gasteiger partial charge is 0.243 e. The SMILES string of the molecule is C=C/C(=C\C=C/C)B(C1=c2ccccc2=CCC=C1C)c1c(C)ccc(C=C)c1C=C. The number of rotatable bonds is 7. The van der Waals surface area contributed by atoms with Crippen LogP contribution in [0.1, 0.15) is 37.0 Å². The van der Waals surface area contributed by atoms with Gasteiger partial charge in [0.25, 0.3) is 0 Å². The van der Waals surface area contributed by atoms with Crippen molar-refractivity contribution in [3.63, 3.8) is 0 Å².